The zero-order valence-corrected chi connectivity index (χ0v) is 12.4. The molecule has 1 unspecified atom stereocenters. The molecule has 1 aromatic heterocycles. The highest BCUT2D eigenvalue weighted by Crippen LogP contribution is 2.30. The topological polar surface area (TPSA) is 12.0 Å². The zero-order chi connectivity index (χ0) is 13.1. The molecule has 2 heteroatoms. The summed E-state index contributed by atoms with van der Waals surface area (Å²) in [6.45, 7) is 9.67. The second-order valence-electron chi connectivity index (χ2n) is 4.88. The van der Waals surface area contributed by atoms with Crippen LogP contribution in [0.1, 0.15) is 40.1 Å². The molecular formula is C16H21NS. The number of hydrogen-bond acceptors (Lipinski definition) is 2. The number of thiophene rings is 1. The van der Waals surface area contributed by atoms with Crippen LogP contribution in [0.15, 0.2) is 29.6 Å². The van der Waals surface area contributed by atoms with Gasteiger partial charge in [0.15, 0.2) is 0 Å². The molecule has 0 aliphatic carbocycles. The van der Waals surface area contributed by atoms with Gasteiger partial charge in [0.2, 0.25) is 0 Å². The van der Waals surface area contributed by atoms with Crippen LogP contribution in [0.3, 0.4) is 0 Å². The molecule has 0 aliphatic heterocycles. The van der Waals surface area contributed by atoms with Crippen molar-refractivity contribution in [1.29, 1.82) is 0 Å². The van der Waals surface area contributed by atoms with E-state index in [0.717, 1.165) is 6.54 Å². The molecule has 0 fully saturated rings. The molecule has 1 aromatic carbocycles. The van der Waals surface area contributed by atoms with Crippen LogP contribution in [0.25, 0.3) is 0 Å². The summed E-state index contributed by atoms with van der Waals surface area (Å²) in [4.78, 5) is 1.43. The lowest BCUT2D eigenvalue weighted by atomic mass is 9.99. The SMILES string of the molecule is CCNC(c1cc(C)cc(C)c1)c1sccc1C. The first-order chi connectivity index (χ1) is 8.61. The summed E-state index contributed by atoms with van der Waals surface area (Å²) in [5, 5.41) is 5.79. The first-order valence-electron chi connectivity index (χ1n) is 6.47. The highest BCUT2D eigenvalue weighted by molar-refractivity contribution is 7.10. The van der Waals surface area contributed by atoms with E-state index in [2.05, 4.69) is 62.7 Å². The molecule has 2 aromatic rings. The first kappa shape index (κ1) is 13.3. The minimum atomic E-state index is 0.327. The minimum Gasteiger partial charge on any atom is -0.306 e. The van der Waals surface area contributed by atoms with Crippen molar-refractivity contribution in [3.05, 3.63) is 56.8 Å². The van der Waals surface area contributed by atoms with Crippen LogP contribution >= 0.6 is 11.3 Å². The molecule has 1 nitrogen and oxygen atoms in total. The highest BCUT2D eigenvalue weighted by atomic mass is 32.1. The molecule has 0 spiro atoms. The van der Waals surface area contributed by atoms with Crippen LogP contribution < -0.4 is 5.32 Å². The highest BCUT2D eigenvalue weighted by Gasteiger charge is 2.16. The zero-order valence-electron chi connectivity index (χ0n) is 11.6. The number of nitrogens with one attached hydrogen (secondary N) is 1. The quantitative estimate of drug-likeness (QED) is 0.859. The fourth-order valence-corrected chi connectivity index (χ4v) is 3.45. The van der Waals surface area contributed by atoms with Gasteiger partial charge in [0.25, 0.3) is 0 Å². The van der Waals surface area contributed by atoms with Gasteiger partial charge in [-0.05, 0) is 49.9 Å². The Labute approximate surface area is 114 Å². The summed E-state index contributed by atoms with van der Waals surface area (Å²) in [6.07, 6.45) is 0. The number of benzene rings is 1. The largest absolute Gasteiger partial charge is 0.306 e. The summed E-state index contributed by atoms with van der Waals surface area (Å²) < 4.78 is 0. The fraction of sp³-hybridized carbons (Fsp3) is 0.375. The van der Waals surface area contributed by atoms with Gasteiger partial charge >= 0.3 is 0 Å². The van der Waals surface area contributed by atoms with Crippen molar-refractivity contribution < 1.29 is 0 Å². The van der Waals surface area contributed by atoms with Crippen molar-refractivity contribution in [3.63, 3.8) is 0 Å². The van der Waals surface area contributed by atoms with Gasteiger partial charge in [-0.1, -0.05) is 36.2 Å². The lowest BCUT2D eigenvalue weighted by molar-refractivity contribution is 0.636. The molecule has 0 radical (unpaired) electrons. The molecule has 0 saturated heterocycles. The van der Waals surface area contributed by atoms with Crippen molar-refractivity contribution in [1.82, 2.24) is 5.32 Å². The second kappa shape index (κ2) is 5.68. The molecule has 2 rings (SSSR count). The van der Waals surface area contributed by atoms with E-state index in [1.54, 1.807) is 0 Å². The molecule has 1 atom stereocenters. The fourth-order valence-electron chi connectivity index (χ4n) is 2.42. The maximum atomic E-state index is 3.61. The first-order valence-corrected chi connectivity index (χ1v) is 7.35. The number of rotatable bonds is 4. The molecule has 18 heavy (non-hydrogen) atoms. The maximum absolute atomic E-state index is 3.61. The summed E-state index contributed by atoms with van der Waals surface area (Å²) >= 11 is 1.84. The van der Waals surface area contributed by atoms with Gasteiger partial charge in [0, 0.05) is 4.88 Å². The lowest BCUT2D eigenvalue weighted by Gasteiger charge is -2.19. The van der Waals surface area contributed by atoms with Gasteiger partial charge in [0.1, 0.15) is 0 Å². The molecule has 1 heterocycles. The normalized spacial score (nSPS) is 12.7. The van der Waals surface area contributed by atoms with Crippen molar-refractivity contribution in [2.75, 3.05) is 6.54 Å². The Morgan fingerprint density at radius 2 is 1.78 bits per heavy atom. The Kier molecular flexibility index (Phi) is 4.20. The molecule has 0 aliphatic rings. The molecule has 96 valence electrons. The van der Waals surface area contributed by atoms with Crippen molar-refractivity contribution in [2.45, 2.75) is 33.7 Å². The summed E-state index contributed by atoms with van der Waals surface area (Å²) in [5.41, 5.74) is 5.43. The van der Waals surface area contributed by atoms with Crippen LogP contribution in [0.2, 0.25) is 0 Å². The van der Waals surface area contributed by atoms with E-state index < -0.39 is 0 Å². The molecular weight excluding hydrogens is 238 g/mol. The third kappa shape index (κ3) is 2.82. The Bertz CT molecular complexity index is 507. The minimum absolute atomic E-state index is 0.327. The van der Waals surface area contributed by atoms with E-state index in [-0.39, 0.29) is 0 Å². The molecule has 0 bridgehead atoms. The van der Waals surface area contributed by atoms with Crippen molar-refractivity contribution in [3.8, 4) is 0 Å². The van der Waals surface area contributed by atoms with Crippen LogP contribution in [0.5, 0.6) is 0 Å². The van der Waals surface area contributed by atoms with Crippen molar-refractivity contribution in [2.24, 2.45) is 0 Å². The summed E-state index contributed by atoms with van der Waals surface area (Å²) in [7, 11) is 0. The predicted molar refractivity (Wildman–Crippen MR) is 80.5 cm³/mol. The Balaban J connectivity index is 2.44. The standard InChI is InChI=1S/C16H21NS/c1-5-17-15(16-13(4)6-7-18-16)14-9-11(2)8-12(3)10-14/h6-10,15,17H,5H2,1-4H3. The Morgan fingerprint density at radius 3 is 2.28 bits per heavy atom. The lowest BCUT2D eigenvalue weighted by Crippen LogP contribution is -2.21. The van der Waals surface area contributed by atoms with E-state index >= 15 is 0 Å². The number of hydrogen-bond donors (Lipinski definition) is 1. The predicted octanol–water partition coefficient (Wildman–Crippen LogP) is 4.37. The average molecular weight is 259 g/mol. The summed E-state index contributed by atoms with van der Waals surface area (Å²) in [6, 6.07) is 9.34. The molecule has 0 saturated carbocycles. The average Bonchev–Trinajstić information content (AvgIpc) is 2.71. The van der Waals surface area contributed by atoms with E-state index in [0.29, 0.717) is 6.04 Å². The van der Waals surface area contributed by atoms with Crippen LogP contribution in [-0.4, -0.2) is 6.54 Å². The van der Waals surface area contributed by atoms with Crippen LogP contribution in [0, 0.1) is 20.8 Å². The van der Waals surface area contributed by atoms with Gasteiger partial charge in [-0.25, -0.2) is 0 Å². The van der Waals surface area contributed by atoms with E-state index in [1.807, 2.05) is 11.3 Å². The maximum Gasteiger partial charge on any atom is 0.0673 e. The monoisotopic (exact) mass is 259 g/mol. The van der Waals surface area contributed by atoms with Gasteiger partial charge in [0.05, 0.1) is 6.04 Å². The van der Waals surface area contributed by atoms with E-state index in [4.69, 9.17) is 0 Å². The summed E-state index contributed by atoms with van der Waals surface area (Å²) in [5.74, 6) is 0. The van der Waals surface area contributed by atoms with Crippen molar-refractivity contribution >= 4 is 11.3 Å². The van der Waals surface area contributed by atoms with E-state index in [1.165, 1.54) is 27.1 Å². The van der Waals surface area contributed by atoms with Crippen LogP contribution in [-0.2, 0) is 0 Å². The Hall–Kier alpha value is -1.12. The number of aryl methyl sites for hydroxylation is 3. The van der Waals surface area contributed by atoms with E-state index in [9.17, 15) is 0 Å². The van der Waals surface area contributed by atoms with Gasteiger partial charge in [-0.15, -0.1) is 11.3 Å². The van der Waals surface area contributed by atoms with Gasteiger partial charge in [-0.2, -0.15) is 0 Å². The Morgan fingerprint density at radius 1 is 1.11 bits per heavy atom. The van der Waals surface area contributed by atoms with Gasteiger partial charge in [-0.3, -0.25) is 0 Å². The molecule has 1 N–H and O–H groups in total. The third-order valence-electron chi connectivity index (χ3n) is 3.15. The van der Waals surface area contributed by atoms with Crippen LogP contribution in [0.4, 0.5) is 0 Å². The third-order valence-corrected chi connectivity index (χ3v) is 4.23. The molecule has 0 amide bonds. The smallest absolute Gasteiger partial charge is 0.0673 e. The second-order valence-corrected chi connectivity index (χ2v) is 5.83. The van der Waals surface area contributed by atoms with Gasteiger partial charge < -0.3 is 5.32 Å².